The Kier molecular flexibility index (Phi) is 24.8. The van der Waals surface area contributed by atoms with Gasteiger partial charge in [0.25, 0.3) is 0 Å². The third-order valence-corrected chi connectivity index (χ3v) is 2.36. The molecule has 0 aliphatic rings. The van der Waals surface area contributed by atoms with Crippen molar-refractivity contribution < 1.29 is 4.79 Å². The molecule has 6 nitrogen and oxygen atoms in total. The van der Waals surface area contributed by atoms with Crippen LogP contribution in [-0.4, -0.2) is 52.1 Å². The average Bonchev–Trinajstić information content (AvgIpc) is 2.43. The third kappa shape index (κ3) is 26.9. The summed E-state index contributed by atoms with van der Waals surface area (Å²) < 4.78 is 0. The zero-order valence-corrected chi connectivity index (χ0v) is 12.2. The van der Waals surface area contributed by atoms with Crippen LogP contribution < -0.4 is 27.8 Å². The van der Waals surface area contributed by atoms with E-state index in [1.165, 1.54) is 12.8 Å². The molecule has 116 valence electrons. The lowest BCUT2D eigenvalue weighted by Crippen LogP contribution is -2.22. The van der Waals surface area contributed by atoms with Crippen LogP contribution in [0.4, 0.5) is 0 Å². The smallest absolute Gasteiger partial charge is 0.121 e. The number of hydrogen-bond acceptors (Lipinski definition) is 6. The Morgan fingerprint density at radius 2 is 1.11 bits per heavy atom. The highest BCUT2D eigenvalue weighted by Crippen LogP contribution is 1.85. The van der Waals surface area contributed by atoms with Crippen molar-refractivity contribution in [3.63, 3.8) is 0 Å². The minimum Gasteiger partial charge on any atom is -0.330 e. The molecule has 0 aromatic carbocycles. The molecule has 0 aliphatic carbocycles. The number of nitrogens with two attached hydrogens (primary N) is 3. The van der Waals surface area contributed by atoms with Crippen molar-refractivity contribution >= 4 is 6.29 Å². The van der Waals surface area contributed by atoms with E-state index in [4.69, 9.17) is 17.2 Å². The molecule has 0 fully saturated rings. The normalized spacial score (nSPS) is 9.84. The highest BCUT2D eigenvalue weighted by molar-refractivity contribution is 5.49. The van der Waals surface area contributed by atoms with Gasteiger partial charge in [0.2, 0.25) is 0 Å². The first kappa shape index (κ1) is 20.8. The van der Waals surface area contributed by atoms with Crippen LogP contribution in [0.5, 0.6) is 0 Å². The van der Waals surface area contributed by atoms with Gasteiger partial charge in [-0.15, -0.1) is 0 Å². The van der Waals surface area contributed by atoms with Crippen LogP contribution in [0.1, 0.15) is 32.1 Å². The van der Waals surface area contributed by atoms with E-state index in [2.05, 4.69) is 10.6 Å². The average molecular weight is 275 g/mol. The van der Waals surface area contributed by atoms with Gasteiger partial charge in [0.05, 0.1) is 0 Å². The molecule has 0 unspecified atom stereocenters. The summed E-state index contributed by atoms with van der Waals surface area (Å²) in [6.45, 7) is 6.37. The van der Waals surface area contributed by atoms with E-state index in [1.54, 1.807) is 0 Å². The second-order valence-corrected chi connectivity index (χ2v) is 4.24. The molecule has 0 saturated heterocycles. The van der Waals surface area contributed by atoms with Gasteiger partial charge in [-0.3, -0.25) is 0 Å². The van der Waals surface area contributed by atoms with E-state index >= 15 is 0 Å². The Hall–Kier alpha value is -0.530. The van der Waals surface area contributed by atoms with Gasteiger partial charge >= 0.3 is 0 Å². The van der Waals surface area contributed by atoms with Crippen LogP contribution in [0.3, 0.4) is 0 Å². The van der Waals surface area contributed by atoms with E-state index < -0.39 is 0 Å². The number of unbranched alkanes of at least 4 members (excludes halogenated alkanes) is 1. The molecule has 0 saturated carbocycles. The summed E-state index contributed by atoms with van der Waals surface area (Å²) in [7, 11) is 0. The Bertz CT molecular complexity index is 146. The van der Waals surface area contributed by atoms with Gasteiger partial charge in [-0.2, -0.15) is 0 Å². The molecule has 0 bridgehead atoms. The standard InChI is InChI=1S/C10H26N4.C3H7NO/c11-5-3-9-13-7-1-2-8-14-10-4-6-12;4-2-1-3-5/h13-14H,1-12H2;3H,1-2,4H2. The zero-order valence-electron chi connectivity index (χ0n) is 12.2. The Balaban J connectivity index is 0. The Morgan fingerprint density at radius 3 is 1.37 bits per heavy atom. The monoisotopic (exact) mass is 275 g/mol. The fourth-order valence-corrected chi connectivity index (χ4v) is 1.27. The molecule has 0 aliphatic heterocycles. The molecule has 19 heavy (non-hydrogen) atoms. The summed E-state index contributed by atoms with van der Waals surface area (Å²) in [6, 6.07) is 0. The van der Waals surface area contributed by atoms with Crippen LogP contribution in [0.25, 0.3) is 0 Å². The maximum atomic E-state index is 9.32. The third-order valence-electron chi connectivity index (χ3n) is 2.36. The lowest BCUT2D eigenvalue weighted by Gasteiger charge is -2.04. The van der Waals surface area contributed by atoms with Crippen molar-refractivity contribution in [2.24, 2.45) is 17.2 Å². The maximum Gasteiger partial charge on any atom is 0.121 e. The number of rotatable bonds is 13. The summed E-state index contributed by atoms with van der Waals surface area (Å²) in [4.78, 5) is 9.32. The van der Waals surface area contributed by atoms with Crippen molar-refractivity contribution in [2.45, 2.75) is 32.1 Å². The maximum absolute atomic E-state index is 9.32. The van der Waals surface area contributed by atoms with Crippen molar-refractivity contribution in [1.29, 1.82) is 0 Å². The molecule has 8 N–H and O–H groups in total. The topological polar surface area (TPSA) is 119 Å². The molecule has 6 heteroatoms. The largest absolute Gasteiger partial charge is 0.330 e. The van der Waals surface area contributed by atoms with Crippen molar-refractivity contribution in [2.75, 3.05) is 45.8 Å². The minimum absolute atomic E-state index is 0.476. The van der Waals surface area contributed by atoms with E-state index in [1.807, 2.05) is 0 Å². The fraction of sp³-hybridized carbons (Fsp3) is 0.923. The van der Waals surface area contributed by atoms with Crippen LogP contribution >= 0.6 is 0 Å². The van der Waals surface area contributed by atoms with Gasteiger partial charge in [0.15, 0.2) is 0 Å². The lowest BCUT2D eigenvalue weighted by atomic mass is 10.3. The van der Waals surface area contributed by atoms with Crippen molar-refractivity contribution in [3.05, 3.63) is 0 Å². The first-order valence-electron chi connectivity index (χ1n) is 7.28. The quantitative estimate of drug-likeness (QED) is 0.221. The molecule has 0 aromatic rings. The van der Waals surface area contributed by atoms with Crippen molar-refractivity contribution in [3.8, 4) is 0 Å². The highest BCUT2D eigenvalue weighted by atomic mass is 16.1. The van der Waals surface area contributed by atoms with Crippen LogP contribution in [0.15, 0.2) is 0 Å². The highest BCUT2D eigenvalue weighted by Gasteiger charge is 1.89. The predicted octanol–water partition coefficient (Wildman–Crippen LogP) is -0.822. The molecule has 0 rings (SSSR count). The fourth-order valence-electron chi connectivity index (χ4n) is 1.27. The number of carbonyl (C=O) groups excluding carboxylic acids is 1. The van der Waals surface area contributed by atoms with Gasteiger partial charge < -0.3 is 32.6 Å². The number of aldehydes is 1. The van der Waals surface area contributed by atoms with Gasteiger partial charge in [-0.1, -0.05) is 0 Å². The second kappa shape index (κ2) is 22.6. The molecule has 0 aromatic heterocycles. The molecule has 0 atom stereocenters. The lowest BCUT2D eigenvalue weighted by molar-refractivity contribution is -0.107. The van der Waals surface area contributed by atoms with Gasteiger partial charge in [-0.05, 0) is 71.5 Å². The van der Waals surface area contributed by atoms with Crippen molar-refractivity contribution in [1.82, 2.24) is 10.6 Å². The summed E-state index contributed by atoms with van der Waals surface area (Å²) in [5.74, 6) is 0. The molecule has 0 radical (unpaired) electrons. The van der Waals surface area contributed by atoms with Gasteiger partial charge in [0, 0.05) is 6.42 Å². The summed E-state index contributed by atoms with van der Waals surface area (Å²) in [5, 5.41) is 6.72. The molecular formula is C13H33N5O. The minimum atomic E-state index is 0.476. The number of carbonyl (C=O) groups is 1. The molecule has 0 heterocycles. The summed E-state index contributed by atoms with van der Waals surface area (Å²) in [5.41, 5.74) is 15.7. The van der Waals surface area contributed by atoms with Crippen LogP contribution in [-0.2, 0) is 4.79 Å². The van der Waals surface area contributed by atoms with E-state index in [9.17, 15) is 4.79 Å². The van der Waals surface area contributed by atoms with Crippen LogP contribution in [0, 0.1) is 0 Å². The SMILES string of the molecule is NCCC=O.NCCCNCCCCNCCCN. The Labute approximate surface area is 117 Å². The van der Waals surface area contributed by atoms with Gasteiger partial charge in [0.1, 0.15) is 6.29 Å². The van der Waals surface area contributed by atoms with E-state index in [-0.39, 0.29) is 0 Å². The van der Waals surface area contributed by atoms with Gasteiger partial charge in [-0.25, -0.2) is 0 Å². The molecule has 0 amide bonds. The predicted molar refractivity (Wildman–Crippen MR) is 82.1 cm³/mol. The van der Waals surface area contributed by atoms with Crippen LogP contribution in [0.2, 0.25) is 0 Å². The molecular weight excluding hydrogens is 242 g/mol. The Morgan fingerprint density at radius 1 is 0.684 bits per heavy atom. The first-order valence-corrected chi connectivity index (χ1v) is 7.28. The first-order chi connectivity index (χ1) is 9.33. The summed E-state index contributed by atoms with van der Waals surface area (Å²) >= 11 is 0. The summed E-state index contributed by atoms with van der Waals surface area (Å²) in [6.07, 6.45) is 5.92. The second-order valence-electron chi connectivity index (χ2n) is 4.24. The number of hydrogen-bond donors (Lipinski definition) is 5. The zero-order chi connectivity index (χ0) is 14.6. The molecule has 0 spiro atoms. The van der Waals surface area contributed by atoms with E-state index in [0.29, 0.717) is 13.0 Å². The number of nitrogens with one attached hydrogen (secondary N) is 2. The van der Waals surface area contributed by atoms with E-state index in [0.717, 1.165) is 58.4 Å².